The quantitative estimate of drug-likeness (QED) is 0.630. The normalized spacial score (nSPS) is 10.0. The van der Waals surface area contributed by atoms with Gasteiger partial charge in [0.15, 0.2) is 0 Å². The van der Waals surface area contributed by atoms with E-state index in [1.54, 1.807) is 26.0 Å². The Kier molecular flexibility index (Phi) is 3.85. The van der Waals surface area contributed by atoms with Crippen LogP contribution in [0.3, 0.4) is 0 Å². The number of nitro groups is 1. The van der Waals surface area contributed by atoms with Gasteiger partial charge >= 0.3 is 0 Å². The third-order valence-corrected chi connectivity index (χ3v) is 3.00. The molecular formula is C15H11FN2O3. The largest absolute Gasteiger partial charge is 0.455 e. The van der Waals surface area contributed by atoms with E-state index in [1.165, 1.54) is 18.2 Å². The molecule has 2 rings (SSSR count). The standard InChI is InChI=1S/C15H11FN2O3/c1-9-6-10(2)15(7-13(9)18(19)20)21-14-5-3-4-12(16)11(14)8-17/h3-7H,1-2H3. The number of nitriles is 1. The Bertz CT molecular complexity index is 766. The molecule has 6 heteroatoms. The molecule has 0 spiro atoms. The van der Waals surface area contributed by atoms with Crippen molar-refractivity contribution in [3.05, 3.63) is 63.0 Å². The van der Waals surface area contributed by atoms with Gasteiger partial charge in [-0.05, 0) is 37.6 Å². The molecule has 0 bridgehead atoms. The number of rotatable bonds is 3. The lowest BCUT2D eigenvalue weighted by atomic mass is 10.1. The summed E-state index contributed by atoms with van der Waals surface area (Å²) >= 11 is 0. The number of hydrogen-bond donors (Lipinski definition) is 0. The second kappa shape index (κ2) is 5.59. The molecule has 0 aliphatic rings. The maximum atomic E-state index is 13.5. The Morgan fingerprint density at radius 1 is 1.24 bits per heavy atom. The summed E-state index contributed by atoms with van der Waals surface area (Å²) in [6.07, 6.45) is 0. The van der Waals surface area contributed by atoms with Crippen LogP contribution in [0.2, 0.25) is 0 Å². The maximum Gasteiger partial charge on any atom is 0.276 e. The smallest absolute Gasteiger partial charge is 0.276 e. The summed E-state index contributed by atoms with van der Waals surface area (Å²) < 4.78 is 19.0. The fourth-order valence-corrected chi connectivity index (χ4v) is 1.94. The van der Waals surface area contributed by atoms with E-state index in [-0.39, 0.29) is 22.7 Å². The first kappa shape index (κ1) is 14.5. The monoisotopic (exact) mass is 286 g/mol. The molecule has 0 radical (unpaired) electrons. The lowest BCUT2D eigenvalue weighted by Crippen LogP contribution is -1.97. The summed E-state index contributed by atoms with van der Waals surface area (Å²) in [6.45, 7) is 3.34. The molecule has 2 aromatic rings. The molecule has 0 fully saturated rings. The molecule has 0 atom stereocenters. The van der Waals surface area contributed by atoms with E-state index in [4.69, 9.17) is 10.00 Å². The lowest BCUT2D eigenvalue weighted by Gasteiger charge is -2.11. The van der Waals surface area contributed by atoms with Crippen molar-refractivity contribution >= 4 is 5.69 Å². The highest BCUT2D eigenvalue weighted by atomic mass is 19.1. The zero-order valence-corrected chi connectivity index (χ0v) is 11.4. The molecular weight excluding hydrogens is 275 g/mol. The van der Waals surface area contributed by atoms with E-state index in [1.807, 2.05) is 0 Å². The van der Waals surface area contributed by atoms with Crippen molar-refractivity contribution in [2.45, 2.75) is 13.8 Å². The first-order valence-corrected chi connectivity index (χ1v) is 6.06. The van der Waals surface area contributed by atoms with Gasteiger partial charge < -0.3 is 4.74 Å². The van der Waals surface area contributed by atoms with Crippen LogP contribution in [-0.2, 0) is 0 Å². The van der Waals surface area contributed by atoms with Crippen LogP contribution < -0.4 is 4.74 Å². The minimum atomic E-state index is -0.700. The lowest BCUT2D eigenvalue weighted by molar-refractivity contribution is -0.385. The number of halogens is 1. The second-order valence-corrected chi connectivity index (χ2v) is 4.49. The predicted molar refractivity (Wildman–Crippen MR) is 73.8 cm³/mol. The zero-order chi connectivity index (χ0) is 15.6. The fourth-order valence-electron chi connectivity index (χ4n) is 1.94. The van der Waals surface area contributed by atoms with Gasteiger partial charge in [-0.2, -0.15) is 5.26 Å². The SMILES string of the molecule is Cc1cc(C)c([N+](=O)[O-])cc1Oc1cccc(F)c1C#N. The average Bonchev–Trinajstić information content (AvgIpc) is 2.41. The molecule has 0 saturated carbocycles. The van der Waals surface area contributed by atoms with E-state index >= 15 is 0 Å². The maximum absolute atomic E-state index is 13.5. The summed E-state index contributed by atoms with van der Waals surface area (Å²) in [5.74, 6) is -0.456. The summed E-state index contributed by atoms with van der Waals surface area (Å²) in [5, 5.41) is 19.9. The summed E-state index contributed by atoms with van der Waals surface area (Å²) in [5.41, 5.74) is 0.835. The molecule has 21 heavy (non-hydrogen) atoms. The van der Waals surface area contributed by atoms with Gasteiger partial charge in [0.25, 0.3) is 5.69 Å². The molecule has 0 saturated heterocycles. The van der Waals surface area contributed by atoms with Gasteiger partial charge in [0, 0.05) is 5.56 Å². The molecule has 0 heterocycles. The highest BCUT2D eigenvalue weighted by Gasteiger charge is 2.17. The van der Waals surface area contributed by atoms with Crippen molar-refractivity contribution < 1.29 is 14.1 Å². The van der Waals surface area contributed by atoms with E-state index in [9.17, 15) is 14.5 Å². The Labute approximate surface area is 120 Å². The Hall–Kier alpha value is -2.94. The number of ether oxygens (including phenoxy) is 1. The zero-order valence-electron chi connectivity index (χ0n) is 11.4. The fraction of sp³-hybridized carbons (Fsp3) is 0.133. The average molecular weight is 286 g/mol. The number of benzene rings is 2. The number of nitro benzene ring substituents is 1. The Balaban J connectivity index is 2.50. The summed E-state index contributed by atoms with van der Waals surface area (Å²) in [4.78, 5) is 10.4. The molecule has 0 aliphatic heterocycles. The number of hydrogen-bond acceptors (Lipinski definition) is 4. The van der Waals surface area contributed by atoms with Crippen LogP contribution in [0.25, 0.3) is 0 Å². The van der Waals surface area contributed by atoms with Gasteiger partial charge in [0.05, 0.1) is 11.0 Å². The van der Waals surface area contributed by atoms with Crippen molar-refractivity contribution in [3.8, 4) is 17.6 Å². The van der Waals surface area contributed by atoms with Crippen LogP contribution in [0.4, 0.5) is 10.1 Å². The van der Waals surface area contributed by atoms with Crippen LogP contribution in [0, 0.1) is 41.1 Å². The third-order valence-electron chi connectivity index (χ3n) is 3.00. The molecule has 106 valence electrons. The van der Waals surface area contributed by atoms with Gasteiger partial charge in [0.2, 0.25) is 0 Å². The highest BCUT2D eigenvalue weighted by Crippen LogP contribution is 2.33. The van der Waals surface area contributed by atoms with Crippen LogP contribution in [-0.4, -0.2) is 4.92 Å². The minimum Gasteiger partial charge on any atom is -0.455 e. The van der Waals surface area contributed by atoms with Crippen LogP contribution in [0.5, 0.6) is 11.5 Å². The highest BCUT2D eigenvalue weighted by molar-refractivity contribution is 5.53. The second-order valence-electron chi connectivity index (χ2n) is 4.49. The van der Waals surface area contributed by atoms with Crippen molar-refractivity contribution in [2.24, 2.45) is 0 Å². The van der Waals surface area contributed by atoms with Crippen LogP contribution in [0.15, 0.2) is 30.3 Å². The molecule has 0 aromatic heterocycles. The summed E-state index contributed by atoms with van der Waals surface area (Å²) in [6, 6.07) is 8.60. The Morgan fingerprint density at radius 3 is 2.57 bits per heavy atom. The predicted octanol–water partition coefficient (Wildman–Crippen LogP) is 4.01. The first-order chi connectivity index (χ1) is 9.93. The minimum absolute atomic E-state index is 0.0266. The van der Waals surface area contributed by atoms with Crippen molar-refractivity contribution in [1.82, 2.24) is 0 Å². The Morgan fingerprint density at radius 2 is 1.95 bits per heavy atom. The molecule has 0 aliphatic carbocycles. The number of nitrogens with zero attached hydrogens (tertiary/aromatic N) is 2. The van der Waals surface area contributed by atoms with E-state index < -0.39 is 10.7 Å². The van der Waals surface area contributed by atoms with Gasteiger partial charge in [-0.15, -0.1) is 0 Å². The summed E-state index contributed by atoms with van der Waals surface area (Å²) in [7, 11) is 0. The van der Waals surface area contributed by atoms with Crippen molar-refractivity contribution in [2.75, 3.05) is 0 Å². The molecule has 5 nitrogen and oxygen atoms in total. The molecule has 0 unspecified atom stereocenters. The molecule has 0 N–H and O–H groups in total. The van der Waals surface area contributed by atoms with Crippen LogP contribution in [0.1, 0.15) is 16.7 Å². The van der Waals surface area contributed by atoms with Gasteiger partial charge in [0.1, 0.15) is 28.9 Å². The van der Waals surface area contributed by atoms with Gasteiger partial charge in [-0.3, -0.25) is 10.1 Å². The van der Waals surface area contributed by atoms with Gasteiger partial charge in [-0.1, -0.05) is 6.07 Å². The first-order valence-electron chi connectivity index (χ1n) is 6.06. The van der Waals surface area contributed by atoms with E-state index in [0.29, 0.717) is 11.1 Å². The van der Waals surface area contributed by atoms with Crippen molar-refractivity contribution in [3.63, 3.8) is 0 Å². The molecule has 0 amide bonds. The van der Waals surface area contributed by atoms with E-state index in [0.717, 1.165) is 6.07 Å². The van der Waals surface area contributed by atoms with E-state index in [2.05, 4.69) is 0 Å². The topological polar surface area (TPSA) is 76.2 Å². The van der Waals surface area contributed by atoms with Gasteiger partial charge in [-0.25, -0.2) is 4.39 Å². The third kappa shape index (κ3) is 2.82. The molecule has 2 aromatic carbocycles. The number of aryl methyl sites for hydroxylation is 2. The van der Waals surface area contributed by atoms with Crippen molar-refractivity contribution in [1.29, 1.82) is 5.26 Å². The van der Waals surface area contributed by atoms with Crippen LogP contribution >= 0.6 is 0 Å².